The van der Waals surface area contributed by atoms with Crippen molar-refractivity contribution in [1.29, 1.82) is 0 Å². The molecular formula is C18H28N2. The van der Waals surface area contributed by atoms with E-state index in [2.05, 4.69) is 40.5 Å². The van der Waals surface area contributed by atoms with Crippen molar-refractivity contribution < 1.29 is 0 Å². The average molecular weight is 272 g/mol. The maximum Gasteiger partial charge on any atom is 0.0111 e. The van der Waals surface area contributed by atoms with Crippen LogP contribution in [0.15, 0.2) is 30.3 Å². The van der Waals surface area contributed by atoms with Gasteiger partial charge in [-0.1, -0.05) is 36.8 Å². The van der Waals surface area contributed by atoms with Gasteiger partial charge in [0.2, 0.25) is 0 Å². The monoisotopic (exact) mass is 272 g/mol. The Labute approximate surface area is 123 Å². The van der Waals surface area contributed by atoms with Crippen LogP contribution >= 0.6 is 0 Å². The summed E-state index contributed by atoms with van der Waals surface area (Å²) in [7, 11) is 0. The van der Waals surface area contributed by atoms with E-state index in [0.29, 0.717) is 0 Å². The first kappa shape index (κ1) is 14.1. The molecule has 0 saturated carbocycles. The molecule has 2 unspecified atom stereocenters. The normalized spacial score (nSPS) is 27.8. The van der Waals surface area contributed by atoms with Crippen molar-refractivity contribution in [3.05, 3.63) is 35.9 Å². The van der Waals surface area contributed by atoms with E-state index in [0.717, 1.165) is 12.0 Å². The number of nitrogens with one attached hydrogen (secondary N) is 1. The number of nitrogens with zero attached hydrogens (tertiary/aromatic N) is 1. The van der Waals surface area contributed by atoms with Crippen molar-refractivity contribution in [3.8, 4) is 0 Å². The molecule has 2 aliphatic rings. The Hall–Kier alpha value is -0.860. The second-order valence-corrected chi connectivity index (χ2v) is 6.49. The zero-order valence-corrected chi connectivity index (χ0v) is 12.6. The van der Waals surface area contributed by atoms with Crippen molar-refractivity contribution in [1.82, 2.24) is 10.2 Å². The summed E-state index contributed by atoms with van der Waals surface area (Å²) in [6.45, 7) is 5.16. The first-order valence-corrected chi connectivity index (χ1v) is 8.41. The minimum atomic E-state index is 0.733. The van der Waals surface area contributed by atoms with Crippen molar-refractivity contribution in [2.45, 2.75) is 44.6 Å². The van der Waals surface area contributed by atoms with Gasteiger partial charge in [0.25, 0.3) is 0 Å². The van der Waals surface area contributed by atoms with Crippen LogP contribution in [0.4, 0.5) is 0 Å². The minimum Gasteiger partial charge on any atom is -0.314 e. The Kier molecular flexibility index (Phi) is 5.10. The lowest BCUT2D eigenvalue weighted by Gasteiger charge is -2.29. The SMILES string of the molecule is c1ccc(CC2CCNC2CCN2CCCCC2)cc1. The molecule has 2 saturated heterocycles. The zero-order valence-electron chi connectivity index (χ0n) is 12.6. The molecule has 0 aliphatic carbocycles. The molecule has 0 amide bonds. The highest BCUT2D eigenvalue weighted by atomic mass is 15.1. The molecule has 2 heterocycles. The molecule has 2 heteroatoms. The minimum absolute atomic E-state index is 0.733. The summed E-state index contributed by atoms with van der Waals surface area (Å²) in [5, 5.41) is 3.74. The third kappa shape index (κ3) is 3.83. The summed E-state index contributed by atoms with van der Waals surface area (Å²) in [6.07, 6.45) is 8.18. The second-order valence-electron chi connectivity index (χ2n) is 6.49. The van der Waals surface area contributed by atoms with Gasteiger partial charge >= 0.3 is 0 Å². The van der Waals surface area contributed by atoms with E-state index in [9.17, 15) is 0 Å². The predicted octanol–water partition coefficient (Wildman–Crippen LogP) is 3.08. The van der Waals surface area contributed by atoms with Gasteiger partial charge in [-0.05, 0) is 69.8 Å². The smallest absolute Gasteiger partial charge is 0.0111 e. The summed E-state index contributed by atoms with van der Waals surface area (Å²) in [4.78, 5) is 2.67. The molecule has 1 N–H and O–H groups in total. The van der Waals surface area contributed by atoms with Crippen LogP contribution < -0.4 is 5.32 Å². The number of hydrogen-bond donors (Lipinski definition) is 1. The molecule has 0 bridgehead atoms. The van der Waals surface area contributed by atoms with Crippen LogP contribution in [0.3, 0.4) is 0 Å². The summed E-state index contributed by atoms with van der Waals surface area (Å²) >= 11 is 0. The largest absolute Gasteiger partial charge is 0.314 e. The Morgan fingerprint density at radius 1 is 1.05 bits per heavy atom. The molecule has 20 heavy (non-hydrogen) atoms. The van der Waals surface area contributed by atoms with Crippen LogP contribution in [0.2, 0.25) is 0 Å². The standard InChI is InChI=1S/C18H28N2/c1-3-7-16(8-4-1)15-17-9-11-19-18(17)10-14-20-12-5-2-6-13-20/h1,3-4,7-8,17-19H,2,5-6,9-15H2. The third-order valence-electron chi connectivity index (χ3n) is 5.04. The molecule has 2 fully saturated rings. The van der Waals surface area contributed by atoms with Gasteiger partial charge in [0.1, 0.15) is 0 Å². The first-order chi connectivity index (χ1) is 9.92. The van der Waals surface area contributed by atoms with Crippen molar-refractivity contribution in [2.75, 3.05) is 26.2 Å². The fourth-order valence-electron chi connectivity index (χ4n) is 3.83. The summed E-state index contributed by atoms with van der Waals surface area (Å²) < 4.78 is 0. The van der Waals surface area contributed by atoms with Gasteiger partial charge in [-0.3, -0.25) is 0 Å². The zero-order chi connectivity index (χ0) is 13.6. The summed E-state index contributed by atoms with van der Waals surface area (Å²) in [5.74, 6) is 0.835. The molecule has 3 rings (SSSR count). The van der Waals surface area contributed by atoms with Crippen molar-refractivity contribution >= 4 is 0 Å². The fraction of sp³-hybridized carbons (Fsp3) is 0.667. The quantitative estimate of drug-likeness (QED) is 0.886. The number of benzene rings is 1. The van der Waals surface area contributed by atoms with E-state index < -0.39 is 0 Å². The molecule has 2 nitrogen and oxygen atoms in total. The molecular weight excluding hydrogens is 244 g/mol. The van der Waals surface area contributed by atoms with E-state index in [1.807, 2.05) is 0 Å². The maximum atomic E-state index is 3.74. The Morgan fingerprint density at radius 2 is 1.85 bits per heavy atom. The Balaban J connectivity index is 1.48. The highest BCUT2D eigenvalue weighted by Crippen LogP contribution is 2.23. The van der Waals surface area contributed by atoms with Gasteiger partial charge in [-0.2, -0.15) is 0 Å². The van der Waals surface area contributed by atoms with Crippen LogP contribution in [0.25, 0.3) is 0 Å². The lowest BCUT2D eigenvalue weighted by Crippen LogP contribution is -2.36. The molecule has 1 aromatic rings. The average Bonchev–Trinajstić information content (AvgIpc) is 2.94. The van der Waals surface area contributed by atoms with E-state index in [4.69, 9.17) is 0 Å². The molecule has 2 aliphatic heterocycles. The van der Waals surface area contributed by atoms with E-state index >= 15 is 0 Å². The van der Waals surface area contributed by atoms with Gasteiger partial charge in [0, 0.05) is 6.04 Å². The van der Waals surface area contributed by atoms with Gasteiger partial charge in [-0.15, -0.1) is 0 Å². The second kappa shape index (κ2) is 7.24. The lowest BCUT2D eigenvalue weighted by atomic mass is 9.91. The molecule has 1 aromatic carbocycles. The van der Waals surface area contributed by atoms with Crippen LogP contribution in [0, 0.1) is 5.92 Å². The number of piperidine rings is 1. The highest BCUT2D eigenvalue weighted by molar-refractivity contribution is 5.16. The first-order valence-electron chi connectivity index (χ1n) is 8.41. The van der Waals surface area contributed by atoms with Gasteiger partial charge < -0.3 is 10.2 Å². The Bertz CT molecular complexity index is 384. The molecule has 110 valence electrons. The third-order valence-corrected chi connectivity index (χ3v) is 5.04. The van der Waals surface area contributed by atoms with E-state index in [-0.39, 0.29) is 0 Å². The lowest BCUT2D eigenvalue weighted by molar-refractivity contribution is 0.213. The predicted molar refractivity (Wildman–Crippen MR) is 85.0 cm³/mol. The molecule has 0 spiro atoms. The molecule has 0 aromatic heterocycles. The summed E-state index contributed by atoms with van der Waals surface area (Å²) in [6, 6.07) is 11.7. The number of likely N-dealkylation sites (tertiary alicyclic amines) is 1. The van der Waals surface area contributed by atoms with Crippen LogP contribution in [0.1, 0.15) is 37.7 Å². The van der Waals surface area contributed by atoms with Crippen LogP contribution in [0.5, 0.6) is 0 Å². The van der Waals surface area contributed by atoms with Gasteiger partial charge in [0.05, 0.1) is 0 Å². The summed E-state index contributed by atoms with van der Waals surface area (Å²) in [5.41, 5.74) is 1.50. The Morgan fingerprint density at radius 3 is 2.65 bits per heavy atom. The molecule has 0 radical (unpaired) electrons. The maximum absolute atomic E-state index is 3.74. The van der Waals surface area contributed by atoms with Crippen molar-refractivity contribution in [2.24, 2.45) is 5.92 Å². The number of hydrogen-bond acceptors (Lipinski definition) is 2. The number of rotatable bonds is 5. The topological polar surface area (TPSA) is 15.3 Å². The van der Waals surface area contributed by atoms with Crippen LogP contribution in [-0.4, -0.2) is 37.1 Å². The van der Waals surface area contributed by atoms with Gasteiger partial charge in [-0.25, -0.2) is 0 Å². The van der Waals surface area contributed by atoms with Gasteiger partial charge in [0.15, 0.2) is 0 Å². The van der Waals surface area contributed by atoms with Crippen molar-refractivity contribution in [3.63, 3.8) is 0 Å². The van der Waals surface area contributed by atoms with Crippen LogP contribution in [-0.2, 0) is 6.42 Å². The van der Waals surface area contributed by atoms with E-state index in [1.54, 1.807) is 0 Å². The highest BCUT2D eigenvalue weighted by Gasteiger charge is 2.27. The fourth-order valence-corrected chi connectivity index (χ4v) is 3.83. The van der Waals surface area contributed by atoms with E-state index in [1.165, 1.54) is 70.3 Å². The molecule has 2 atom stereocenters.